The number of hydrogen-bond donors (Lipinski definition) is 0. The van der Waals surface area contributed by atoms with E-state index in [1.165, 1.54) is 11.1 Å². The molecule has 5 nitrogen and oxygen atoms in total. The Balaban J connectivity index is 1.10. The Kier molecular flexibility index (Phi) is 7.79. The molecule has 2 heterocycles. The summed E-state index contributed by atoms with van der Waals surface area (Å²) >= 11 is 0. The van der Waals surface area contributed by atoms with Crippen molar-refractivity contribution in [1.29, 1.82) is 5.26 Å². The van der Waals surface area contributed by atoms with Gasteiger partial charge in [0.25, 0.3) is 0 Å². The van der Waals surface area contributed by atoms with Crippen LogP contribution in [-0.2, 0) is 0 Å². The van der Waals surface area contributed by atoms with E-state index in [0.29, 0.717) is 23.0 Å². The second-order valence-corrected chi connectivity index (χ2v) is 13.5. The molecule has 0 unspecified atom stereocenters. The highest BCUT2D eigenvalue weighted by atomic mass is 16.3. The Bertz CT molecular complexity index is 3070. The highest BCUT2D eigenvalue weighted by Gasteiger charge is 2.18. The van der Waals surface area contributed by atoms with Crippen LogP contribution >= 0.6 is 0 Å². The molecule has 0 atom stereocenters. The molecule has 10 rings (SSSR count). The Morgan fingerprint density at radius 3 is 1.64 bits per heavy atom. The fourth-order valence-electron chi connectivity index (χ4n) is 7.49. The second kappa shape index (κ2) is 13.4. The molecule has 0 N–H and O–H groups in total. The van der Waals surface area contributed by atoms with Gasteiger partial charge in [0, 0.05) is 27.5 Å². The normalized spacial score (nSPS) is 11.3. The zero-order valence-electron chi connectivity index (χ0n) is 29.5. The lowest BCUT2D eigenvalue weighted by Gasteiger charge is -2.13. The third kappa shape index (κ3) is 5.79. The Hall–Kier alpha value is -7.68. The first-order valence-electron chi connectivity index (χ1n) is 18.2. The fraction of sp³-hybridized carbons (Fsp3) is 0. The number of benzene rings is 8. The SMILES string of the molecule is N#Cc1ccc(-c2ccc(-c3nc(-c4ccccc4)nc(-c4ccc5c(c4)oc4cccc(-c6ccc(-c7ccccc7)cc6)c45)n3)c3ccccc23)cc1. The van der Waals surface area contributed by atoms with Gasteiger partial charge in [0.2, 0.25) is 0 Å². The molecule has 0 saturated heterocycles. The summed E-state index contributed by atoms with van der Waals surface area (Å²) in [7, 11) is 0. The van der Waals surface area contributed by atoms with Gasteiger partial charge in [0.15, 0.2) is 17.5 Å². The van der Waals surface area contributed by atoms with Crippen LogP contribution in [0.2, 0.25) is 0 Å². The predicted molar refractivity (Wildman–Crippen MR) is 222 cm³/mol. The van der Waals surface area contributed by atoms with Crippen molar-refractivity contribution in [2.75, 3.05) is 0 Å². The van der Waals surface area contributed by atoms with Crippen LogP contribution in [0.15, 0.2) is 186 Å². The molecule has 2 aromatic heterocycles. The van der Waals surface area contributed by atoms with Gasteiger partial charge in [-0.2, -0.15) is 5.26 Å². The van der Waals surface area contributed by atoms with Crippen molar-refractivity contribution in [1.82, 2.24) is 15.0 Å². The molecule has 5 heteroatoms. The predicted octanol–water partition coefficient (Wildman–Crippen LogP) is 12.8. The minimum atomic E-state index is 0.559. The number of nitriles is 1. The number of aromatic nitrogens is 3. The zero-order valence-corrected chi connectivity index (χ0v) is 29.5. The van der Waals surface area contributed by atoms with E-state index in [2.05, 4.69) is 97.1 Å². The van der Waals surface area contributed by atoms with E-state index in [-0.39, 0.29) is 0 Å². The average Bonchev–Trinajstić information content (AvgIpc) is 3.65. The molecule has 0 aliphatic carbocycles. The summed E-state index contributed by atoms with van der Waals surface area (Å²) in [6.07, 6.45) is 0. The number of nitrogens with zero attached hydrogens (tertiary/aromatic N) is 4. The van der Waals surface area contributed by atoms with Gasteiger partial charge >= 0.3 is 0 Å². The fourth-order valence-corrected chi connectivity index (χ4v) is 7.49. The van der Waals surface area contributed by atoms with Gasteiger partial charge in [-0.25, -0.2) is 15.0 Å². The quantitative estimate of drug-likeness (QED) is 0.172. The van der Waals surface area contributed by atoms with Crippen LogP contribution in [0, 0.1) is 11.3 Å². The zero-order chi connectivity index (χ0) is 36.7. The standard InChI is InChI=1S/C50H30N4O/c51-31-32-18-20-35(21-19-32)39-28-29-43(42-15-8-7-14-41(39)42)50-53-48(37-12-5-2-6-13-37)52-49(54-50)38-26-27-44-46(30-38)55-45-17-9-16-40(47(44)45)36-24-22-34(23-25-36)33-10-3-1-4-11-33/h1-30H. The molecule has 0 amide bonds. The van der Waals surface area contributed by atoms with Crippen LogP contribution in [0.4, 0.5) is 0 Å². The minimum absolute atomic E-state index is 0.559. The maximum absolute atomic E-state index is 9.35. The smallest absolute Gasteiger partial charge is 0.164 e. The Labute approximate surface area is 317 Å². The molecule has 10 aromatic rings. The molecule has 55 heavy (non-hydrogen) atoms. The summed E-state index contributed by atoms with van der Waals surface area (Å²) in [6, 6.07) is 64.0. The van der Waals surface area contributed by atoms with Crippen LogP contribution in [0.3, 0.4) is 0 Å². The first kappa shape index (κ1) is 32.0. The Morgan fingerprint density at radius 1 is 0.364 bits per heavy atom. The van der Waals surface area contributed by atoms with Gasteiger partial charge in [0.1, 0.15) is 11.2 Å². The Morgan fingerprint density at radius 2 is 0.909 bits per heavy atom. The molecular formula is C50H30N4O. The maximum atomic E-state index is 9.35. The molecule has 8 aromatic carbocycles. The van der Waals surface area contributed by atoms with E-state index in [9.17, 15) is 5.26 Å². The molecule has 0 fully saturated rings. The van der Waals surface area contributed by atoms with Crippen LogP contribution in [0.5, 0.6) is 0 Å². The summed E-state index contributed by atoms with van der Waals surface area (Å²) in [6.45, 7) is 0. The van der Waals surface area contributed by atoms with Gasteiger partial charge in [-0.3, -0.25) is 0 Å². The monoisotopic (exact) mass is 702 g/mol. The topological polar surface area (TPSA) is 75.6 Å². The highest BCUT2D eigenvalue weighted by molar-refractivity contribution is 6.13. The van der Waals surface area contributed by atoms with Gasteiger partial charge in [-0.05, 0) is 80.6 Å². The minimum Gasteiger partial charge on any atom is -0.456 e. The van der Waals surface area contributed by atoms with E-state index < -0.39 is 0 Å². The number of rotatable bonds is 6. The summed E-state index contributed by atoms with van der Waals surface area (Å²) in [4.78, 5) is 15.2. The molecular weight excluding hydrogens is 673 g/mol. The van der Waals surface area contributed by atoms with E-state index in [0.717, 1.165) is 71.7 Å². The van der Waals surface area contributed by atoms with Crippen LogP contribution in [-0.4, -0.2) is 15.0 Å². The third-order valence-electron chi connectivity index (χ3n) is 10.2. The highest BCUT2D eigenvalue weighted by Crippen LogP contribution is 2.40. The van der Waals surface area contributed by atoms with E-state index in [1.807, 2.05) is 91.0 Å². The summed E-state index contributed by atoms with van der Waals surface area (Å²) in [5.41, 5.74) is 11.6. The van der Waals surface area contributed by atoms with Crippen LogP contribution in [0.1, 0.15) is 5.56 Å². The van der Waals surface area contributed by atoms with Gasteiger partial charge in [-0.1, -0.05) is 146 Å². The van der Waals surface area contributed by atoms with Gasteiger partial charge in [0.05, 0.1) is 11.6 Å². The van der Waals surface area contributed by atoms with Crippen molar-refractivity contribution < 1.29 is 4.42 Å². The largest absolute Gasteiger partial charge is 0.456 e. The average molecular weight is 703 g/mol. The van der Waals surface area contributed by atoms with E-state index in [4.69, 9.17) is 19.4 Å². The summed E-state index contributed by atoms with van der Waals surface area (Å²) in [5, 5.41) is 13.5. The summed E-state index contributed by atoms with van der Waals surface area (Å²) < 4.78 is 6.54. The van der Waals surface area contributed by atoms with Crippen molar-refractivity contribution in [3.05, 3.63) is 188 Å². The lowest BCUT2D eigenvalue weighted by atomic mass is 9.94. The van der Waals surface area contributed by atoms with Crippen LogP contribution < -0.4 is 0 Å². The molecule has 0 saturated carbocycles. The summed E-state index contributed by atoms with van der Waals surface area (Å²) in [5.74, 6) is 1.73. The first-order valence-corrected chi connectivity index (χ1v) is 18.2. The maximum Gasteiger partial charge on any atom is 0.164 e. The molecule has 0 aliphatic rings. The van der Waals surface area contributed by atoms with E-state index in [1.54, 1.807) is 0 Å². The van der Waals surface area contributed by atoms with Crippen molar-refractivity contribution in [3.8, 4) is 73.6 Å². The molecule has 256 valence electrons. The lowest BCUT2D eigenvalue weighted by molar-refractivity contribution is 0.669. The second-order valence-electron chi connectivity index (χ2n) is 13.5. The van der Waals surface area contributed by atoms with Gasteiger partial charge < -0.3 is 4.42 Å². The molecule has 0 radical (unpaired) electrons. The lowest BCUT2D eigenvalue weighted by Crippen LogP contribution is -2.00. The van der Waals surface area contributed by atoms with Gasteiger partial charge in [-0.15, -0.1) is 0 Å². The number of furan rings is 1. The molecule has 0 spiro atoms. The third-order valence-corrected chi connectivity index (χ3v) is 10.2. The number of fused-ring (bicyclic) bond motifs is 4. The number of hydrogen-bond acceptors (Lipinski definition) is 5. The van der Waals surface area contributed by atoms with Crippen molar-refractivity contribution in [2.45, 2.75) is 0 Å². The van der Waals surface area contributed by atoms with Crippen LogP contribution in [0.25, 0.3) is 100 Å². The van der Waals surface area contributed by atoms with E-state index >= 15 is 0 Å². The van der Waals surface area contributed by atoms with Crippen molar-refractivity contribution >= 4 is 32.7 Å². The molecule has 0 aliphatic heterocycles. The van der Waals surface area contributed by atoms with Crippen molar-refractivity contribution in [3.63, 3.8) is 0 Å². The molecule has 0 bridgehead atoms. The first-order chi connectivity index (χ1) is 27.2. The van der Waals surface area contributed by atoms with Crippen molar-refractivity contribution in [2.24, 2.45) is 0 Å².